The van der Waals surface area contributed by atoms with Crippen molar-refractivity contribution in [3.05, 3.63) is 59.4 Å². The van der Waals surface area contributed by atoms with E-state index in [9.17, 15) is 14.0 Å². The Labute approximate surface area is 186 Å². The van der Waals surface area contributed by atoms with Crippen LogP contribution in [-0.2, 0) is 4.74 Å². The number of likely N-dealkylation sites (tertiary alicyclic amines) is 1. The number of amides is 2. The summed E-state index contributed by atoms with van der Waals surface area (Å²) in [6.45, 7) is 4.36. The van der Waals surface area contributed by atoms with Gasteiger partial charge in [-0.05, 0) is 55.3 Å². The Kier molecular flexibility index (Phi) is 5.46. The van der Waals surface area contributed by atoms with Gasteiger partial charge < -0.3 is 24.6 Å². The second-order valence-electron chi connectivity index (χ2n) is 8.58. The highest BCUT2D eigenvalue weighted by Crippen LogP contribution is 2.33. The molecule has 2 saturated heterocycles. The summed E-state index contributed by atoms with van der Waals surface area (Å²) in [4.78, 5) is 29.7. The molecular weight excluding hydrogens is 413 g/mol. The fourth-order valence-electron chi connectivity index (χ4n) is 4.69. The molecule has 0 unspecified atom stereocenters. The lowest BCUT2D eigenvalue weighted by Gasteiger charge is -2.42. The van der Waals surface area contributed by atoms with Crippen molar-refractivity contribution in [2.45, 2.75) is 18.4 Å². The quantitative estimate of drug-likeness (QED) is 0.779. The fourth-order valence-corrected chi connectivity index (χ4v) is 4.69. The van der Waals surface area contributed by atoms with Gasteiger partial charge in [-0.15, -0.1) is 0 Å². The van der Waals surface area contributed by atoms with Crippen LogP contribution in [-0.4, -0.2) is 68.3 Å². The lowest BCUT2D eigenvalue weighted by atomic mass is 9.91. The van der Waals surface area contributed by atoms with E-state index in [2.05, 4.69) is 10.2 Å². The molecule has 3 heterocycles. The predicted octanol–water partition coefficient (Wildman–Crippen LogP) is 2.46. The molecule has 2 fully saturated rings. The molecule has 3 aliphatic rings. The van der Waals surface area contributed by atoms with Gasteiger partial charge in [0.05, 0.1) is 31.9 Å². The first kappa shape index (κ1) is 20.8. The molecular formula is C24H26FN3O4. The van der Waals surface area contributed by atoms with Crippen LogP contribution in [0, 0.1) is 5.82 Å². The Morgan fingerprint density at radius 1 is 1.06 bits per heavy atom. The molecule has 1 atom stereocenters. The number of piperidine rings is 1. The number of ether oxygens (including phenoxy) is 2. The second kappa shape index (κ2) is 8.43. The van der Waals surface area contributed by atoms with Crippen LogP contribution in [0.1, 0.15) is 33.6 Å². The molecule has 1 spiro atoms. The standard InChI is InChI=1S/C24H26FN3O4/c25-18-4-7-21-20(14-18)22(29)26-15-24(32-21)8-1-9-28(16-24)23(30)17-2-5-19(6-3-17)27-10-12-31-13-11-27/h2-7,14H,1,8-13,15-16H2,(H,26,29)/t24-/m1/s1. The normalized spacial score (nSPS) is 23.2. The van der Waals surface area contributed by atoms with Crippen molar-refractivity contribution >= 4 is 17.5 Å². The number of anilines is 1. The number of benzene rings is 2. The van der Waals surface area contributed by atoms with E-state index in [1.54, 1.807) is 4.90 Å². The lowest BCUT2D eigenvalue weighted by Crippen LogP contribution is -2.57. The largest absolute Gasteiger partial charge is 0.483 e. The van der Waals surface area contributed by atoms with E-state index >= 15 is 0 Å². The van der Waals surface area contributed by atoms with Crippen LogP contribution in [0.5, 0.6) is 5.75 Å². The van der Waals surface area contributed by atoms with Gasteiger partial charge in [0.2, 0.25) is 0 Å². The Hall–Kier alpha value is -3.13. The number of hydrogen-bond acceptors (Lipinski definition) is 5. The smallest absolute Gasteiger partial charge is 0.255 e. The molecule has 8 heteroatoms. The van der Waals surface area contributed by atoms with Gasteiger partial charge in [0.15, 0.2) is 0 Å². The summed E-state index contributed by atoms with van der Waals surface area (Å²) in [6, 6.07) is 11.6. The molecule has 5 rings (SSSR count). The molecule has 7 nitrogen and oxygen atoms in total. The van der Waals surface area contributed by atoms with E-state index in [-0.39, 0.29) is 23.9 Å². The zero-order chi connectivity index (χ0) is 22.1. The molecule has 0 bridgehead atoms. The SMILES string of the molecule is O=C1NC[C@@]2(CCCN(C(=O)c3ccc(N4CCOCC4)cc3)C2)Oc2ccc(F)cc21. The number of hydrogen-bond donors (Lipinski definition) is 1. The van der Waals surface area contributed by atoms with E-state index in [4.69, 9.17) is 9.47 Å². The van der Waals surface area contributed by atoms with E-state index < -0.39 is 11.4 Å². The van der Waals surface area contributed by atoms with Gasteiger partial charge >= 0.3 is 0 Å². The Bertz CT molecular complexity index is 1020. The summed E-state index contributed by atoms with van der Waals surface area (Å²) < 4.78 is 25.3. The zero-order valence-corrected chi connectivity index (χ0v) is 17.8. The first-order valence-electron chi connectivity index (χ1n) is 11.0. The molecule has 0 radical (unpaired) electrons. The van der Waals surface area contributed by atoms with Crippen LogP contribution in [0.2, 0.25) is 0 Å². The van der Waals surface area contributed by atoms with Crippen molar-refractivity contribution in [1.82, 2.24) is 10.2 Å². The molecule has 2 aromatic rings. The highest BCUT2D eigenvalue weighted by molar-refractivity contribution is 5.97. The molecule has 2 aromatic carbocycles. The second-order valence-corrected chi connectivity index (χ2v) is 8.58. The topological polar surface area (TPSA) is 71.1 Å². The summed E-state index contributed by atoms with van der Waals surface area (Å²) in [5.74, 6) is -0.556. The van der Waals surface area contributed by atoms with Crippen LogP contribution in [0.3, 0.4) is 0 Å². The van der Waals surface area contributed by atoms with Crippen LogP contribution >= 0.6 is 0 Å². The van der Waals surface area contributed by atoms with Crippen LogP contribution in [0.4, 0.5) is 10.1 Å². The summed E-state index contributed by atoms with van der Waals surface area (Å²) in [5.41, 5.74) is 1.15. The maximum Gasteiger partial charge on any atom is 0.255 e. The first-order chi connectivity index (χ1) is 15.5. The van der Waals surface area contributed by atoms with E-state index in [0.717, 1.165) is 25.2 Å². The van der Waals surface area contributed by atoms with Gasteiger partial charge in [-0.2, -0.15) is 0 Å². The summed E-state index contributed by atoms with van der Waals surface area (Å²) in [6.07, 6.45) is 1.45. The monoisotopic (exact) mass is 439 g/mol. The molecule has 0 aromatic heterocycles. The van der Waals surface area contributed by atoms with Crippen molar-refractivity contribution in [1.29, 1.82) is 0 Å². The van der Waals surface area contributed by atoms with Crippen LogP contribution in [0.25, 0.3) is 0 Å². The molecule has 2 amide bonds. The Morgan fingerprint density at radius 2 is 1.84 bits per heavy atom. The molecule has 32 heavy (non-hydrogen) atoms. The maximum absolute atomic E-state index is 13.6. The van der Waals surface area contributed by atoms with Crippen molar-refractivity contribution in [2.75, 3.05) is 50.8 Å². The number of fused-ring (bicyclic) bond motifs is 1. The van der Waals surface area contributed by atoms with Crippen molar-refractivity contribution in [2.24, 2.45) is 0 Å². The molecule has 3 aliphatic heterocycles. The van der Waals surface area contributed by atoms with Crippen molar-refractivity contribution < 1.29 is 23.5 Å². The molecule has 168 valence electrons. The number of nitrogens with zero attached hydrogens (tertiary/aromatic N) is 2. The number of nitrogens with one attached hydrogen (secondary N) is 1. The summed E-state index contributed by atoms with van der Waals surface area (Å²) >= 11 is 0. The third-order valence-electron chi connectivity index (χ3n) is 6.40. The zero-order valence-electron chi connectivity index (χ0n) is 17.8. The predicted molar refractivity (Wildman–Crippen MR) is 117 cm³/mol. The number of carbonyl (C=O) groups excluding carboxylic acids is 2. The number of morpholine rings is 1. The van der Waals surface area contributed by atoms with Gasteiger partial charge in [0.25, 0.3) is 11.8 Å². The third kappa shape index (κ3) is 4.02. The number of rotatable bonds is 2. The summed E-state index contributed by atoms with van der Waals surface area (Å²) in [5, 5.41) is 2.85. The van der Waals surface area contributed by atoms with Crippen molar-refractivity contribution in [3.8, 4) is 5.75 Å². The molecule has 0 saturated carbocycles. The van der Waals surface area contributed by atoms with Gasteiger partial charge in [0.1, 0.15) is 17.2 Å². The minimum Gasteiger partial charge on any atom is -0.483 e. The highest BCUT2D eigenvalue weighted by atomic mass is 19.1. The third-order valence-corrected chi connectivity index (χ3v) is 6.40. The average molecular weight is 439 g/mol. The summed E-state index contributed by atoms with van der Waals surface area (Å²) in [7, 11) is 0. The molecule has 0 aliphatic carbocycles. The average Bonchev–Trinajstić information content (AvgIpc) is 2.96. The van der Waals surface area contributed by atoms with Gasteiger partial charge in [-0.25, -0.2) is 4.39 Å². The number of carbonyl (C=O) groups is 2. The van der Waals surface area contributed by atoms with Crippen LogP contribution in [0.15, 0.2) is 42.5 Å². The van der Waals surface area contributed by atoms with E-state index in [0.29, 0.717) is 44.0 Å². The Balaban J connectivity index is 1.32. The minimum absolute atomic E-state index is 0.0592. The van der Waals surface area contributed by atoms with Gasteiger partial charge in [-0.1, -0.05) is 0 Å². The maximum atomic E-state index is 13.6. The Morgan fingerprint density at radius 3 is 2.62 bits per heavy atom. The van der Waals surface area contributed by atoms with Crippen LogP contribution < -0.4 is 15.0 Å². The van der Waals surface area contributed by atoms with Crippen molar-refractivity contribution in [3.63, 3.8) is 0 Å². The van der Waals surface area contributed by atoms with E-state index in [1.807, 2.05) is 24.3 Å². The van der Waals surface area contributed by atoms with Gasteiger partial charge in [0, 0.05) is 30.9 Å². The fraction of sp³-hybridized carbons (Fsp3) is 0.417. The lowest BCUT2D eigenvalue weighted by molar-refractivity contribution is -0.000886. The number of halogens is 1. The highest BCUT2D eigenvalue weighted by Gasteiger charge is 2.42. The molecule has 1 N–H and O–H groups in total. The van der Waals surface area contributed by atoms with Gasteiger partial charge in [-0.3, -0.25) is 9.59 Å². The minimum atomic E-state index is -0.736. The van der Waals surface area contributed by atoms with E-state index in [1.165, 1.54) is 18.2 Å². The first-order valence-corrected chi connectivity index (χ1v) is 11.0.